The Morgan fingerprint density at radius 3 is 2.40 bits per heavy atom. The van der Waals surface area contributed by atoms with E-state index >= 15 is 0 Å². The summed E-state index contributed by atoms with van der Waals surface area (Å²) in [6.07, 6.45) is 0.528. The van der Waals surface area contributed by atoms with Gasteiger partial charge in [-0.2, -0.15) is 0 Å². The predicted molar refractivity (Wildman–Crippen MR) is 113 cm³/mol. The van der Waals surface area contributed by atoms with Crippen LogP contribution < -0.4 is 16.2 Å². The third-order valence-electron chi connectivity index (χ3n) is 4.27. The molecular weight excluding hydrogens is 387 g/mol. The molecule has 1 heterocycles. The molecule has 30 heavy (non-hydrogen) atoms. The van der Waals surface area contributed by atoms with Gasteiger partial charge in [0.15, 0.2) is 0 Å². The van der Waals surface area contributed by atoms with Crippen molar-refractivity contribution in [2.75, 3.05) is 10.6 Å². The van der Waals surface area contributed by atoms with Gasteiger partial charge in [0.05, 0.1) is 0 Å². The zero-order chi connectivity index (χ0) is 21.7. The van der Waals surface area contributed by atoms with E-state index < -0.39 is 17.3 Å². The van der Waals surface area contributed by atoms with Crippen LogP contribution in [0.3, 0.4) is 0 Å². The van der Waals surface area contributed by atoms with Gasteiger partial charge in [0.25, 0.3) is 5.56 Å². The van der Waals surface area contributed by atoms with E-state index in [2.05, 4.69) is 15.6 Å². The molecule has 0 aliphatic heterocycles. The molecule has 0 saturated carbocycles. The maximum atomic E-state index is 13.7. The van der Waals surface area contributed by atoms with Crippen LogP contribution in [-0.2, 0) is 22.6 Å². The number of rotatable bonds is 6. The molecule has 7 nitrogen and oxygen atoms in total. The van der Waals surface area contributed by atoms with Gasteiger partial charge in [0.2, 0.25) is 11.8 Å². The van der Waals surface area contributed by atoms with Crippen LogP contribution in [0.5, 0.6) is 0 Å². The highest BCUT2D eigenvalue weighted by Gasteiger charge is 2.14. The molecule has 0 saturated heterocycles. The van der Waals surface area contributed by atoms with Gasteiger partial charge in [0.1, 0.15) is 18.2 Å². The zero-order valence-electron chi connectivity index (χ0n) is 16.6. The van der Waals surface area contributed by atoms with Crippen molar-refractivity contribution in [2.45, 2.75) is 26.8 Å². The molecule has 1 aromatic heterocycles. The van der Waals surface area contributed by atoms with Crippen molar-refractivity contribution in [3.05, 3.63) is 76.5 Å². The first-order chi connectivity index (χ1) is 14.4. The van der Waals surface area contributed by atoms with E-state index in [1.54, 1.807) is 30.3 Å². The quantitative estimate of drug-likeness (QED) is 0.655. The molecule has 3 aromatic rings. The van der Waals surface area contributed by atoms with E-state index in [-0.39, 0.29) is 18.3 Å². The van der Waals surface area contributed by atoms with Crippen molar-refractivity contribution in [3.8, 4) is 11.4 Å². The number of nitrogens with one attached hydrogen (secondary N) is 2. The Morgan fingerprint density at radius 2 is 1.73 bits per heavy atom. The lowest BCUT2D eigenvalue weighted by molar-refractivity contribution is -0.117. The number of hydrogen-bond donors (Lipinski definition) is 2. The molecule has 2 aromatic carbocycles. The van der Waals surface area contributed by atoms with E-state index in [9.17, 15) is 18.8 Å². The highest BCUT2D eigenvalue weighted by molar-refractivity contribution is 5.93. The summed E-state index contributed by atoms with van der Waals surface area (Å²) in [6, 6.07) is 13.7. The average Bonchev–Trinajstić information content (AvgIpc) is 2.69. The minimum Gasteiger partial charge on any atom is -0.326 e. The number of aromatic nitrogens is 2. The number of amides is 2. The van der Waals surface area contributed by atoms with Crippen LogP contribution >= 0.6 is 0 Å². The molecule has 0 radical (unpaired) electrons. The van der Waals surface area contributed by atoms with Crippen molar-refractivity contribution in [1.82, 2.24) is 9.55 Å². The summed E-state index contributed by atoms with van der Waals surface area (Å²) in [7, 11) is 0. The maximum Gasteiger partial charge on any atom is 0.254 e. The Kier molecular flexibility index (Phi) is 6.36. The predicted octanol–water partition coefficient (Wildman–Crippen LogP) is 3.21. The van der Waals surface area contributed by atoms with Gasteiger partial charge in [-0.15, -0.1) is 0 Å². The largest absolute Gasteiger partial charge is 0.326 e. The summed E-state index contributed by atoms with van der Waals surface area (Å²) in [5, 5.41) is 5.33. The summed E-state index contributed by atoms with van der Waals surface area (Å²) >= 11 is 0. The molecule has 0 spiro atoms. The fraction of sp³-hybridized carbons (Fsp3) is 0.182. The second-order valence-electron chi connectivity index (χ2n) is 6.67. The van der Waals surface area contributed by atoms with E-state index in [1.165, 1.54) is 35.8 Å². The summed E-state index contributed by atoms with van der Waals surface area (Å²) in [4.78, 5) is 40.9. The number of nitrogens with zero attached hydrogens (tertiary/aromatic N) is 2. The molecular formula is C22H21FN4O3. The van der Waals surface area contributed by atoms with Gasteiger partial charge in [0, 0.05) is 35.6 Å². The molecule has 154 valence electrons. The van der Waals surface area contributed by atoms with Crippen molar-refractivity contribution < 1.29 is 14.0 Å². The van der Waals surface area contributed by atoms with Crippen molar-refractivity contribution in [2.24, 2.45) is 0 Å². The lowest BCUT2D eigenvalue weighted by Gasteiger charge is -2.14. The Labute approximate surface area is 172 Å². The molecule has 2 N–H and O–H groups in total. The molecule has 0 aliphatic rings. The van der Waals surface area contributed by atoms with Gasteiger partial charge in [-0.05, 0) is 36.8 Å². The van der Waals surface area contributed by atoms with Crippen LogP contribution in [0.25, 0.3) is 11.4 Å². The number of aryl methyl sites for hydroxylation is 1. The number of carbonyl (C=O) groups is 2. The summed E-state index contributed by atoms with van der Waals surface area (Å²) < 4.78 is 14.9. The Bertz CT molecular complexity index is 1160. The summed E-state index contributed by atoms with van der Waals surface area (Å²) in [5.74, 6) is -0.928. The fourth-order valence-electron chi connectivity index (χ4n) is 2.96. The first-order valence-corrected chi connectivity index (χ1v) is 9.40. The molecule has 0 unspecified atom stereocenters. The van der Waals surface area contributed by atoms with E-state index in [0.717, 1.165) is 0 Å². The van der Waals surface area contributed by atoms with Crippen LogP contribution in [-0.4, -0.2) is 21.4 Å². The van der Waals surface area contributed by atoms with Crippen LogP contribution in [0.1, 0.15) is 19.5 Å². The van der Waals surface area contributed by atoms with E-state index in [0.29, 0.717) is 29.1 Å². The summed E-state index contributed by atoms with van der Waals surface area (Å²) in [5.41, 5.74) is 1.56. The molecule has 0 aliphatic carbocycles. The Hall–Kier alpha value is -3.81. The Balaban J connectivity index is 1.90. The van der Waals surface area contributed by atoms with Gasteiger partial charge in [-0.1, -0.05) is 25.1 Å². The molecule has 0 fully saturated rings. The number of anilines is 2. The van der Waals surface area contributed by atoms with Crippen molar-refractivity contribution >= 4 is 23.2 Å². The first-order valence-electron chi connectivity index (χ1n) is 9.40. The standard InChI is InChI=1S/C22H21FN4O3/c1-3-17-12-21(30)27(22(26-17)15-6-4-7-16(23)10-15)13-20(29)25-19-9-5-8-18(11-19)24-14(2)28/h4-12H,3,13H2,1-2H3,(H,24,28)(H,25,29). The number of carbonyl (C=O) groups excluding carboxylic acids is 2. The number of benzene rings is 2. The molecule has 8 heteroatoms. The maximum absolute atomic E-state index is 13.7. The zero-order valence-corrected chi connectivity index (χ0v) is 16.6. The second kappa shape index (κ2) is 9.13. The van der Waals surface area contributed by atoms with Crippen LogP contribution in [0.15, 0.2) is 59.4 Å². The molecule has 0 bridgehead atoms. The third kappa shape index (κ3) is 5.16. The average molecular weight is 408 g/mol. The van der Waals surface area contributed by atoms with E-state index in [4.69, 9.17) is 0 Å². The topological polar surface area (TPSA) is 93.1 Å². The first kappa shape index (κ1) is 20.9. The number of hydrogen-bond acceptors (Lipinski definition) is 4. The minimum atomic E-state index is -0.463. The minimum absolute atomic E-state index is 0.223. The normalized spacial score (nSPS) is 10.5. The van der Waals surface area contributed by atoms with Crippen molar-refractivity contribution in [1.29, 1.82) is 0 Å². The molecule has 3 rings (SSSR count). The third-order valence-corrected chi connectivity index (χ3v) is 4.27. The summed E-state index contributed by atoms with van der Waals surface area (Å²) in [6.45, 7) is 2.95. The van der Waals surface area contributed by atoms with E-state index in [1.807, 2.05) is 6.92 Å². The smallest absolute Gasteiger partial charge is 0.254 e. The van der Waals surface area contributed by atoms with Crippen LogP contribution in [0.2, 0.25) is 0 Å². The highest BCUT2D eigenvalue weighted by Crippen LogP contribution is 2.19. The van der Waals surface area contributed by atoms with Gasteiger partial charge in [-0.3, -0.25) is 19.0 Å². The fourth-order valence-corrected chi connectivity index (χ4v) is 2.96. The second-order valence-corrected chi connectivity index (χ2v) is 6.67. The Morgan fingerprint density at radius 1 is 1.03 bits per heavy atom. The lowest BCUT2D eigenvalue weighted by atomic mass is 10.2. The van der Waals surface area contributed by atoms with Crippen molar-refractivity contribution in [3.63, 3.8) is 0 Å². The van der Waals surface area contributed by atoms with Crippen LogP contribution in [0, 0.1) is 5.82 Å². The number of halogens is 1. The molecule has 0 atom stereocenters. The van der Waals surface area contributed by atoms with Gasteiger partial charge in [-0.25, -0.2) is 9.37 Å². The SMILES string of the molecule is CCc1cc(=O)n(CC(=O)Nc2cccc(NC(C)=O)c2)c(-c2cccc(F)c2)n1. The monoisotopic (exact) mass is 408 g/mol. The highest BCUT2D eigenvalue weighted by atomic mass is 19.1. The lowest BCUT2D eigenvalue weighted by Crippen LogP contribution is -2.30. The van der Waals surface area contributed by atoms with Crippen LogP contribution in [0.4, 0.5) is 15.8 Å². The van der Waals surface area contributed by atoms with Gasteiger partial charge < -0.3 is 10.6 Å². The van der Waals surface area contributed by atoms with Gasteiger partial charge >= 0.3 is 0 Å². The molecule has 2 amide bonds.